The lowest BCUT2D eigenvalue weighted by Gasteiger charge is -2.00. The molecular formula is C13H13NO7+. The van der Waals surface area contributed by atoms with Crippen molar-refractivity contribution in [3.8, 4) is 0 Å². The summed E-state index contributed by atoms with van der Waals surface area (Å²) in [6.07, 6.45) is 0. The summed E-state index contributed by atoms with van der Waals surface area (Å²) < 4.78 is 13.3. The highest BCUT2D eigenvalue weighted by Crippen LogP contribution is 2.20. The molecule has 0 aliphatic rings. The number of hydrogen-bond donors (Lipinski definition) is 0. The molecule has 0 aromatic heterocycles. The van der Waals surface area contributed by atoms with Crippen LogP contribution in [0.4, 0.5) is 5.69 Å². The van der Waals surface area contributed by atoms with Gasteiger partial charge in [0.2, 0.25) is 0 Å². The van der Waals surface area contributed by atoms with Crippen molar-refractivity contribution in [3.05, 3.63) is 46.4 Å². The average molecular weight is 295 g/mol. The normalized spacial score (nSPS) is 11.2. The summed E-state index contributed by atoms with van der Waals surface area (Å²) in [6, 6.07) is 5.15. The highest BCUT2D eigenvalue weighted by Gasteiger charge is 2.37. The number of methoxy groups -OCH3 is 3. The van der Waals surface area contributed by atoms with Crippen LogP contribution < -0.4 is 0 Å². The Bertz CT molecular complexity index is 589. The number of esters is 2. The van der Waals surface area contributed by atoms with Crippen molar-refractivity contribution >= 4 is 17.6 Å². The summed E-state index contributed by atoms with van der Waals surface area (Å²) in [5, 5.41) is 11.5. The Morgan fingerprint density at radius 2 is 1.52 bits per heavy atom. The fraction of sp³-hybridized carbons (Fsp3) is 0.231. The molecule has 0 bridgehead atoms. The topological polar surface area (TPSA) is 102 Å². The van der Waals surface area contributed by atoms with Gasteiger partial charge in [0.25, 0.3) is 5.69 Å². The van der Waals surface area contributed by atoms with E-state index >= 15 is 0 Å². The monoisotopic (exact) mass is 295 g/mol. The SMILES string of the molecule is COC(=O)C(=C([O])OC)[N+](=O)c1ccc(C(=O)OC)cc1. The Balaban J connectivity index is 3.17. The second kappa shape index (κ2) is 7.04. The molecule has 0 unspecified atom stereocenters. The third-order valence-corrected chi connectivity index (χ3v) is 2.48. The molecule has 111 valence electrons. The van der Waals surface area contributed by atoms with Crippen LogP contribution in [0.15, 0.2) is 35.9 Å². The molecule has 0 fully saturated rings. The molecule has 1 radical (unpaired) electrons. The Morgan fingerprint density at radius 3 is 1.95 bits per heavy atom. The first kappa shape index (κ1) is 16.2. The Kier molecular flexibility index (Phi) is 5.41. The molecule has 0 N–H and O–H groups in total. The quantitative estimate of drug-likeness (QED) is 0.351. The van der Waals surface area contributed by atoms with Gasteiger partial charge in [-0.15, -0.1) is 0 Å². The fourth-order valence-corrected chi connectivity index (χ4v) is 1.42. The molecule has 8 nitrogen and oxygen atoms in total. The van der Waals surface area contributed by atoms with Crippen LogP contribution in [-0.4, -0.2) is 38.0 Å². The number of ether oxygens (including phenoxy) is 3. The lowest BCUT2D eigenvalue weighted by Crippen LogP contribution is -2.17. The lowest BCUT2D eigenvalue weighted by molar-refractivity contribution is -0.410. The van der Waals surface area contributed by atoms with Gasteiger partial charge in [-0.3, -0.25) is 0 Å². The van der Waals surface area contributed by atoms with Gasteiger partial charge in [0.1, 0.15) is 0 Å². The maximum atomic E-state index is 12.1. The third-order valence-electron chi connectivity index (χ3n) is 2.48. The maximum Gasteiger partial charge on any atom is 0.431 e. The molecule has 0 saturated heterocycles. The summed E-state index contributed by atoms with van der Waals surface area (Å²) in [5.74, 6) is -2.84. The summed E-state index contributed by atoms with van der Waals surface area (Å²) in [7, 11) is 3.27. The average Bonchev–Trinajstić information content (AvgIpc) is 2.53. The Morgan fingerprint density at radius 1 is 0.952 bits per heavy atom. The van der Waals surface area contributed by atoms with Crippen LogP contribution >= 0.6 is 0 Å². The van der Waals surface area contributed by atoms with E-state index in [1.807, 2.05) is 0 Å². The number of rotatable bonds is 5. The van der Waals surface area contributed by atoms with Crippen LogP contribution in [0.3, 0.4) is 0 Å². The molecule has 1 rings (SSSR count). The second-order valence-corrected chi connectivity index (χ2v) is 3.66. The van der Waals surface area contributed by atoms with E-state index in [0.717, 1.165) is 14.2 Å². The first-order valence-electron chi connectivity index (χ1n) is 5.65. The van der Waals surface area contributed by atoms with Crippen LogP contribution in [0.5, 0.6) is 0 Å². The first-order chi connectivity index (χ1) is 9.96. The number of nitroso groups, excluding NO2 is 1. The van der Waals surface area contributed by atoms with Crippen LogP contribution in [0.1, 0.15) is 10.4 Å². The Labute approximate surface area is 120 Å². The molecule has 21 heavy (non-hydrogen) atoms. The van der Waals surface area contributed by atoms with Crippen molar-refractivity contribution < 1.29 is 33.7 Å². The molecule has 1 aromatic rings. The minimum atomic E-state index is -1.13. The largest absolute Gasteiger partial charge is 0.465 e. The smallest absolute Gasteiger partial charge is 0.431 e. The van der Waals surface area contributed by atoms with Crippen LogP contribution in [0.25, 0.3) is 0 Å². The Hall–Kier alpha value is -2.90. The molecule has 0 atom stereocenters. The lowest BCUT2D eigenvalue weighted by atomic mass is 10.2. The van der Waals surface area contributed by atoms with Crippen LogP contribution in [-0.2, 0) is 24.1 Å². The number of carbonyl (C=O) groups excluding carboxylic acids is 2. The fourth-order valence-electron chi connectivity index (χ4n) is 1.42. The summed E-state index contributed by atoms with van der Waals surface area (Å²) >= 11 is 0. The number of benzene rings is 1. The van der Waals surface area contributed by atoms with Crippen molar-refractivity contribution in [1.82, 2.24) is 0 Å². The predicted molar refractivity (Wildman–Crippen MR) is 67.8 cm³/mol. The van der Waals surface area contributed by atoms with E-state index in [2.05, 4.69) is 14.2 Å². The first-order valence-corrected chi connectivity index (χ1v) is 5.65. The standard InChI is InChI=1S/C13H13NO7/c1-19-11(15)8-4-6-9(7-5-8)14(18)10(12(16)20-2)13(17)21-3/h4-7H,1-3H3/q+1. The van der Waals surface area contributed by atoms with Crippen molar-refractivity contribution in [3.63, 3.8) is 0 Å². The van der Waals surface area contributed by atoms with Gasteiger partial charge in [-0.1, -0.05) is 0 Å². The highest BCUT2D eigenvalue weighted by atomic mass is 16.6. The van der Waals surface area contributed by atoms with Gasteiger partial charge in [-0.2, -0.15) is 0 Å². The van der Waals surface area contributed by atoms with E-state index in [1.165, 1.54) is 31.4 Å². The van der Waals surface area contributed by atoms with Crippen LogP contribution in [0.2, 0.25) is 0 Å². The zero-order valence-electron chi connectivity index (χ0n) is 11.6. The van der Waals surface area contributed by atoms with E-state index in [0.29, 0.717) is 0 Å². The van der Waals surface area contributed by atoms with Gasteiger partial charge >= 0.3 is 23.6 Å². The number of hydrogen-bond acceptors (Lipinski definition) is 6. The van der Waals surface area contributed by atoms with E-state index in [1.54, 1.807) is 0 Å². The molecule has 0 amide bonds. The summed E-state index contributed by atoms with van der Waals surface area (Å²) in [4.78, 5) is 34.8. The molecule has 0 spiro atoms. The molecule has 0 aliphatic carbocycles. The van der Waals surface area contributed by atoms with Crippen LogP contribution in [0, 0.1) is 4.91 Å². The van der Waals surface area contributed by atoms with Gasteiger partial charge in [0, 0.05) is 17.0 Å². The minimum Gasteiger partial charge on any atom is -0.465 e. The van der Waals surface area contributed by atoms with Gasteiger partial charge in [-0.05, 0) is 12.1 Å². The highest BCUT2D eigenvalue weighted by molar-refractivity contribution is 5.89. The molecular weight excluding hydrogens is 282 g/mol. The maximum absolute atomic E-state index is 12.1. The third kappa shape index (κ3) is 3.56. The van der Waals surface area contributed by atoms with E-state index in [4.69, 9.17) is 0 Å². The van der Waals surface area contributed by atoms with Gasteiger partial charge in [-0.25, -0.2) is 14.7 Å². The summed E-state index contributed by atoms with van der Waals surface area (Å²) in [5.41, 5.74) is -0.661. The second-order valence-electron chi connectivity index (χ2n) is 3.66. The van der Waals surface area contributed by atoms with Gasteiger partial charge < -0.3 is 14.2 Å². The molecule has 0 saturated carbocycles. The minimum absolute atomic E-state index is 0.0477. The van der Waals surface area contributed by atoms with E-state index in [9.17, 15) is 19.6 Å². The molecule has 0 heterocycles. The van der Waals surface area contributed by atoms with E-state index in [-0.39, 0.29) is 16.0 Å². The summed E-state index contributed by atoms with van der Waals surface area (Å²) in [6.45, 7) is 0. The number of carbonyl (C=O) groups is 2. The molecule has 8 heteroatoms. The van der Waals surface area contributed by atoms with Crippen molar-refractivity contribution in [1.29, 1.82) is 0 Å². The zero-order valence-corrected chi connectivity index (χ0v) is 11.6. The van der Waals surface area contributed by atoms with Crippen molar-refractivity contribution in [2.24, 2.45) is 0 Å². The molecule has 0 aliphatic heterocycles. The van der Waals surface area contributed by atoms with Gasteiger partial charge in [0.15, 0.2) is 0 Å². The van der Waals surface area contributed by atoms with E-state index < -0.39 is 23.6 Å². The van der Waals surface area contributed by atoms with Crippen molar-refractivity contribution in [2.75, 3.05) is 21.3 Å². The van der Waals surface area contributed by atoms with Crippen molar-refractivity contribution in [2.45, 2.75) is 0 Å². The number of nitrogens with zero attached hydrogens (tertiary/aromatic N) is 1. The van der Waals surface area contributed by atoms with Gasteiger partial charge in [0.05, 0.1) is 31.7 Å². The predicted octanol–water partition coefficient (Wildman–Crippen LogP) is 1.30. The zero-order chi connectivity index (χ0) is 16.0. The molecule has 1 aromatic carbocycles.